The van der Waals surface area contributed by atoms with E-state index in [1.807, 2.05) is 0 Å². The first-order valence-corrected chi connectivity index (χ1v) is 6.33. The van der Waals surface area contributed by atoms with E-state index in [2.05, 4.69) is 0 Å². The van der Waals surface area contributed by atoms with Gasteiger partial charge in [0.05, 0.1) is 12.2 Å². The number of ether oxygens (including phenoxy) is 2. The zero-order chi connectivity index (χ0) is 14.7. The first kappa shape index (κ1) is 15.3. The van der Waals surface area contributed by atoms with Gasteiger partial charge >= 0.3 is 12.2 Å². The van der Waals surface area contributed by atoms with Gasteiger partial charge in [0.25, 0.3) is 5.91 Å². The molecule has 1 fully saturated rings. The maximum absolute atomic E-state index is 11.9. The second-order valence-electron chi connectivity index (χ2n) is 4.78. The quantitative estimate of drug-likeness (QED) is 0.784. The van der Waals surface area contributed by atoms with E-state index < -0.39 is 24.1 Å². The molecule has 1 rings (SSSR count). The highest BCUT2D eigenvalue weighted by atomic mass is 16.6. The summed E-state index contributed by atoms with van der Waals surface area (Å²) < 4.78 is 9.92. The molecule has 1 atom stereocenters. The largest absolute Gasteiger partial charge is 0.445 e. The van der Waals surface area contributed by atoms with Crippen LogP contribution in [0, 0.1) is 0 Å². The number of nitrogens with zero attached hydrogens (tertiary/aromatic N) is 2. The summed E-state index contributed by atoms with van der Waals surface area (Å²) in [6, 6.07) is -0.661. The lowest BCUT2D eigenvalue weighted by Crippen LogP contribution is -2.72. The molecule has 0 aromatic rings. The molecule has 1 saturated heterocycles. The summed E-state index contributed by atoms with van der Waals surface area (Å²) in [4.78, 5) is 35.4. The van der Waals surface area contributed by atoms with Crippen LogP contribution in [0.5, 0.6) is 0 Å². The van der Waals surface area contributed by atoms with Crippen molar-refractivity contribution in [2.45, 2.75) is 59.3 Å². The molecule has 1 aliphatic rings. The second-order valence-corrected chi connectivity index (χ2v) is 4.78. The van der Waals surface area contributed by atoms with Crippen molar-refractivity contribution in [1.82, 2.24) is 10.0 Å². The smallest absolute Gasteiger partial charge is 0.436 e. The van der Waals surface area contributed by atoms with Gasteiger partial charge in [-0.15, -0.1) is 5.01 Å². The van der Waals surface area contributed by atoms with Crippen molar-refractivity contribution in [1.29, 1.82) is 0 Å². The molecule has 0 unspecified atom stereocenters. The maximum Gasteiger partial charge on any atom is 0.436 e. The van der Waals surface area contributed by atoms with Crippen LogP contribution in [-0.4, -0.2) is 46.4 Å². The van der Waals surface area contributed by atoms with E-state index in [9.17, 15) is 14.4 Å². The van der Waals surface area contributed by atoms with E-state index in [0.29, 0.717) is 11.4 Å². The molecule has 0 aromatic carbocycles. The highest BCUT2D eigenvalue weighted by Gasteiger charge is 2.53. The lowest BCUT2D eigenvalue weighted by atomic mass is 10.1. The Kier molecular flexibility index (Phi) is 4.74. The van der Waals surface area contributed by atoms with Gasteiger partial charge in [-0.2, -0.15) is 5.01 Å². The Morgan fingerprint density at radius 3 is 2.00 bits per heavy atom. The monoisotopic (exact) mass is 272 g/mol. The third-order valence-electron chi connectivity index (χ3n) is 2.42. The molecule has 19 heavy (non-hydrogen) atoms. The van der Waals surface area contributed by atoms with Crippen LogP contribution in [0.25, 0.3) is 0 Å². The number of hydrazine groups is 1. The molecule has 0 saturated carbocycles. The maximum atomic E-state index is 11.9. The van der Waals surface area contributed by atoms with E-state index in [4.69, 9.17) is 9.47 Å². The fourth-order valence-corrected chi connectivity index (χ4v) is 1.68. The van der Waals surface area contributed by atoms with Crippen molar-refractivity contribution in [2.75, 3.05) is 0 Å². The SMILES string of the molecule is CC[C@H]1C(=O)N(C(=O)OC(C)C)N1C(=O)OC(C)C. The predicted octanol–water partition coefficient (Wildman–Crippen LogP) is 1.91. The first-order chi connectivity index (χ1) is 8.79. The summed E-state index contributed by atoms with van der Waals surface area (Å²) in [5.41, 5.74) is 0. The fraction of sp³-hybridized carbons (Fsp3) is 0.750. The van der Waals surface area contributed by atoms with E-state index in [0.717, 1.165) is 5.01 Å². The Labute approximate surface area is 112 Å². The Morgan fingerprint density at radius 1 is 1.11 bits per heavy atom. The van der Waals surface area contributed by atoms with Crippen LogP contribution < -0.4 is 0 Å². The average molecular weight is 272 g/mol. The fourth-order valence-electron chi connectivity index (χ4n) is 1.68. The molecule has 0 N–H and O–H groups in total. The Hall–Kier alpha value is -1.79. The number of carbonyl (C=O) groups excluding carboxylic acids is 3. The van der Waals surface area contributed by atoms with Crippen molar-refractivity contribution < 1.29 is 23.9 Å². The van der Waals surface area contributed by atoms with Gasteiger partial charge in [-0.1, -0.05) is 6.92 Å². The van der Waals surface area contributed by atoms with Crippen molar-refractivity contribution in [3.8, 4) is 0 Å². The van der Waals surface area contributed by atoms with Crippen molar-refractivity contribution in [3.05, 3.63) is 0 Å². The topological polar surface area (TPSA) is 76.2 Å². The van der Waals surface area contributed by atoms with Crippen LogP contribution >= 0.6 is 0 Å². The summed E-state index contributed by atoms with van der Waals surface area (Å²) in [7, 11) is 0. The van der Waals surface area contributed by atoms with Gasteiger partial charge in [0.1, 0.15) is 6.04 Å². The van der Waals surface area contributed by atoms with Crippen LogP contribution in [0.2, 0.25) is 0 Å². The molecule has 0 aliphatic carbocycles. The number of imide groups is 1. The number of hydrogen-bond donors (Lipinski definition) is 0. The third kappa shape index (κ3) is 3.15. The highest BCUT2D eigenvalue weighted by Crippen LogP contribution is 2.25. The molecule has 3 amide bonds. The van der Waals surface area contributed by atoms with Gasteiger partial charge in [0.15, 0.2) is 0 Å². The summed E-state index contributed by atoms with van der Waals surface area (Å²) in [6.07, 6.45) is -1.86. The normalized spacial score (nSPS) is 18.7. The Balaban J connectivity index is 2.81. The van der Waals surface area contributed by atoms with Gasteiger partial charge < -0.3 is 9.47 Å². The van der Waals surface area contributed by atoms with Gasteiger partial charge in [-0.25, -0.2) is 9.59 Å². The zero-order valence-electron chi connectivity index (χ0n) is 11.9. The van der Waals surface area contributed by atoms with Crippen LogP contribution in [0.4, 0.5) is 9.59 Å². The van der Waals surface area contributed by atoms with E-state index >= 15 is 0 Å². The number of hydrogen-bond acceptors (Lipinski definition) is 5. The molecule has 7 nitrogen and oxygen atoms in total. The summed E-state index contributed by atoms with van der Waals surface area (Å²) in [6.45, 7) is 8.46. The molecular weight excluding hydrogens is 252 g/mol. The minimum atomic E-state index is -0.856. The van der Waals surface area contributed by atoms with Gasteiger partial charge in [0.2, 0.25) is 0 Å². The zero-order valence-corrected chi connectivity index (χ0v) is 11.9. The molecule has 7 heteroatoms. The summed E-state index contributed by atoms with van der Waals surface area (Å²) >= 11 is 0. The first-order valence-electron chi connectivity index (χ1n) is 6.33. The van der Waals surface area contributed by atoms with Crippen molar-refractivity contribution in [3.63, 3.8) is 0 Å². The highest BCUT2D eigenvalue weighted by molar-refractivity contribution is 6.03. The lowest BCUT2D eigenvalue weighted by Gasteiger charge is -2.45. The summed E-state index contributed by atoms with van der Waals surface area (Å²) in [5, 5.41) is 1.70. The van der Waals surface area contributed by atoms with Crippen molar-refractivity contribution in [2.24, 2.45) is 0 Å². The van der Waals surface area contributed by atoms with Crippen LogP contribution in [-0.2, 0) is 14.3 Å². The molecule has 0 spiro atoms. The van der Waals surface area contributed by atoms with E-state index in [1.165, 1.54) is 0 Å². The second kappa shape index (κ2) is 5.90. The molecule has 0 radical (unpaired) electrons. The van der Waals surface area contributed by atoms with Crippen LogP contribution in [0.15, 0.2) is 0 Å². The van der Waals surface area contributed by atoms with Gasteiger partial charge in [-0.3, -0.25) is 4.79 Å². The molecule has 1 heterocycles. The molecule has 1 aliphatic heterocycles. The number of amides is 3. The van der Waals surface area contributed by atoms with Crippen molar-refractivity contribution >= 4 is 18.1 Å². The lowest BCUT2D eigenvalue weighted by molar-refractivity contribution is -0.179. The van der Waals surface area contributed by atoms with E-state index in [-0.39, 0.29) is 12.2 Å². The molecular formula is C12H20N2O5. The number of carbonyl (C=O) groups is 3. The predicted molar refractivity (Wildman–Crippen MR) is 66.0 cm³/mol. The molecule has 108 valence electrons. The minimum absolute atomic E-state index is 0.330. The minimum Gasteiger partial charge on any atom is -0.445 e. The third-order valence-corrected chi connectivity index (χ3v) is 2.42. The molecule has 0 aromatic heterocycles. The summed E-state index contributed by atoms with van der Waals surface area (Å²) in [5.74, 6) is -0.450. The Morgan fingerprint density at radius 2 is 1.58 bits per heavy atom. The number of rotatable bonds is 3. The van der Waals surface area contributed by atoms with Crippen LogP contribution in [0.1, 0.15) is 41.0 Å². The average Bonchev–Trinajstić information content (AvgIpc) is 2.23. The Bertz CT molecular complexity index is 380. The van der Waals surface area contributed by atoms with Gasteiger partial charge in [-0.05, 0) is 34.1 Å². The standard InChI is InChI=1S/C12H20N2O5/c1-6-9-10(15)14(12(17)19-8(4)5)13(9)11(16)18-7(2)3/h7-9H,6H2,1-5H3/t9-/m0/s1. The van der Waals surface area contributed by atoms with E-state index in [1.54, 1.807) is 34.6 Å². The van der Waals surface area contributed by atoms with Gasteiger partial charge in [0, 0.05) is 0 Å². The molecule has 0 bridgehead atoms. The van der Waals surface area contributed by atoms with Crippen LogP contribution in [0.3, 0.4) is 0 Å².